The number of hydrogen-bond acceptors (Lipinski definition) is 5. The summed E-state index contributed by atoms with van der Waals surface area (Å²) in [5.41, 5.74) is 2.29. The average Bonchev–Trinajstić information content (AvgIpc) is 2.66. The van der Waals surface area contributed by atoms with Crippen molar-refractivity contribution in [3.05, 3.63) is 69.4 Å². The average molecular weight is 386 g/mol. The minimum Gasteiger partial charge on any atom is -0.493 e. The summed E-state index contributed by atoms with van der Waals surface area (Å²) >= 11 is 0. The van der Waals surface area contributed by atoms with Crippen LogP contribution in [-0.4, -0.2) is 23.6 Å². The van der Waals surface area contributed by atoms with Crippen LogP contribution in [0.3, 0.4) is 0 Å². The van der Waals surface area contributed by atoms with Crippen molar-refractivity contribution in [1.82, 2.24) is 4.98 Å². The summed E-state index contributed by atoms with van der Waals surface area (Å²) in [5.74, 6) is -0.437. The van der Waals surface area contributed by atoms with Crippen molar-refractivity contribution < 1.29 is 23.2 Å². The summed E-state index contributed by atoms with van der Waals surface area (Å²) < 4.78 is 34.4. The Kier molecular flexibility index (Phi) is 5.49. The maximum Gasteiger partial charge on any atom is 0.387 e. The Bertz CT molecular complexity index is 1070. The quantitative estimate of drug-likeness (QED) is 0.428. The normalized spacial score (nSPS) is 11.3. The topological polar surface area (TPSA) is 74.5 Å². The molecule has 0 aliphatic heterocycles. The summed E-state index contributed by atoms with van der Waals surface area (Å²) in [6, 6.07) is 11.7. The Morgan fingerprint density at radius 2 is 1.89 bits per heavy atom. The molecule has 6 nitrogen and oxygen atoms in total. The SMILES string of the molecule is COc1cc(/C=C/c2ccc3cc(C)ccc3n2)c([N+](=O)[O-])cc1OC(F)F. The molecule has 144 valence electrons. The lowest BCUT2D eigenvalue weighted by Gasteiger charge is -2.10. The highest BCUT2D eigenvalue weighted by atomic mass is 19.3. The number of ether oxygens (including phenoxy) is 2. The molecule has 0 radical (unpaired) electrons. The Morgan fingerprint density at radius 1 is 1.11 bits per heavy atom. The summed E-state index contributed by atoms with van der Waals surface area (Å²) in [5, 5.41) is 12.3. The monoisotopic (exact) mass is 386 g/mol. The van der Waals surface area contributed by atoms with Crippen LogP contribution in [0, 0.1) is 17.0 Å². The molecule has 0 unspecified atom stereocenters. The molecule has 0 saturated carbocycles. The first-order valence-electron chi connectivity index (χ1n) is 8.24. The number of pyridine rings is 1. The van der Waals surface area contributed by atoms with Gasteiger partial charge in [-0.15, -0.1) is 0 Å². The Labute approximate surface area is 159 Å². The van der Waals surface area contributed by atoms with E-state index >= 15 is 0 Å². The van der Waals surface area contributed by atoms with E-state index < -0.39 is 17.3 Å². The molecule has 0 spiro atoms. The Morgan fingerprint density at radius 3 is 2.57 bits per heavy atom. The number of nitro groups is 1. The van der Waals surface area contributed by atoms with Crippen LogP contribution >= 0.6 is 0 Å². The zero-order valence-corrected chi connectivity index (χ0v) is 15.1. The van der Waals surface area contributed by atoms with Crippen molar-refractivity contribution in [2.45, 2.75) is 13.5 Å². The molecule has 3 aromatic rings. The van der Waals surface area contributed by atoms with Gasteiger partial charge < -0.3 is 9.47 Å². The lowest BCUT2D eigenvalue weighted by atomic mass is 10.1. The van der Waals surface area contributed by atoms with Gasteiger partial charge in [-0.1, -0.05) is 17.7 Å². The van der Waals surface area contributed by atoms with Gasteiger partial charge in [0.25, 0.3) is 5.69 Å². The van der Waals surface area contributed by atoms with Gasteiger partial charge in [-0.05, 0) is 43.3 Å². The van der Waals surface area contributed by atoms with Gasteiger partial charge in [-0.3, -0.25) is 10.1 Å². The number of benzene rings is 2. The smallest absolute Gasteiger partial charge is 0.387 e. The molecule has 0 saturated heterocycles. The molecule has 0 aliphatic rings. The number of nitro benzene ring substituents is 1. The summed E-state index contributed by atoms with van der Waals surface area (Å²) in [4.78, 5) is 15.2. The largest absolute Gasteiger partial charge is 0.493 e. The molecule has 0 N–H and O–H groups in total. The molecular formula is C20H16F2N2O4. The van der Waals surface area contributed by atoms with E-state index in [0.717, 1.165) is 22.5 Å². The number of alkyl halides is 2. The fraction of sp³-hybridized carbons (Fsp3) is 0.150. The number of halogens is 2. The molecule has 0 atom stereocenters. The summed E-state index contributed by atoms with van der Waals surface area (Å²) in [6.45, 7) is -1.14. The van der Waals surface area contributed by atoms with Crippen LogP contribution in [0.4, 0.5) is 14.5 Å². The number of methoxy groups -OCH3 is 1. The van der Waals surface area contributed by atoms with E-state index in [9.17, 15) is 18.9 Å². The molecule has 1 aromatic heterocycles. The third-order valence-corrected chi connectivity index (χ3v) is 4.03. The third kappa shape index (κ3) is 4.22. The van der Waals surface area contributed by atoms with Crippen LogP contribution in [-0.2, 0) is 0 Å². The van der Waals surface area contributed by atoms with Gasteiger partial charge in [0, 0.05) is 5.39 Å². The molecule has 3 rings (SSSR count). The zero-order chi connectivity index (χ0) is 20.3. The summed E-state index contributed by atoms with van der Waals surface area (Å²) in [7, 11) is 1.26. The highest BCUT2D eigenvalue weighted by Gasteiger charge is 2.20. The van der Waals surface area contributed by atoms with Crippen LogP contribution < -0.4 is 9.47 Å². The van der Waals surface area contributed by atoms with E-state index in [2.05, 4.69) is 9.72 Å². The Hall–Kier alpha value is -3.55. The Balaban J connectivity index is 2.00. The van der Waals surface area contributed by atoms with Crippen molar-refractivity contribution in [2.75, 3.05) is 7.11 Å². The highest BCUT2D eigenvalue weighted by molar-refractivity contribution is 5.82. The second kappa shape index (κ2) is 7.99. The van der Waals surface area contributed by atoms with Crippen molar-refractivity contribution in [1.29, 1.82) is 0 Å². The molecule has 2 aromatic carbocycles. The predicted octanol–water partition coefficient (Wildman–Crippen LogP) is 5.23. The van der Waals surface area contributed by atoms with Crippen LogP contribution in [0.25, 0.3) is 23.1 Å². The van der Waals surface area contributed by atoms with Gasteiger partial charge in [-0.2, -0.15) is 8.78 Å². The molecule has 0 fully saturated rings. The fourth-order valence-electron chi connectivity index (χ4n) is 2.73. The van der Waals surface area contributed by atoms with Crippen molar-refractivity contribution >= 4 is 28.7 Å². The van der Waals surface area contributed by atoms with E-state index in [-0.39, 0.29) is 17.0 Å². The zero-order valence-electron chi connectivity index (χ0n) is 15.1. The van der Waals surface area contributed by atoms with Gasteiger partial charge in [-0.25, -0.2) is 4.98 Å². The van der Waals surface area contributed by atoms with Crippen molar-refractivity contribution in [3.8, 4) is 11.5 Å². The number of aryl methyl sites for hydroxylation is 1. The second-order valence-electron chi connectivity index (χ2n) is 5.96. The maximum absolute atomic E-state index is 12.5. The first-order valence-corrected chi connectivity index (χ1v) is 8.24. The standard InChI is InChI=1S/C20H16F2N2O4/c1-12-3-8-16-13(9-12)4-6-15(23-16)7-5-14-10-18(27-2)19(28-20(21)22)11-17(14)24(25)26/h3-11,20H,1-2H3/b7-5+. The van der Waals surface area contributed by atoms with E-state index in [1.165, 1.54) is 19.3 Å². The van der Waals surface area contributed by atoms with E-state index in [0.29, 0.717) is 5.69 Å². The van der Waals surface area contributed by atoms with Gasteiger partial charge in [0.15, 0.2) is 11.5 Å². The minimum absolute atomic E-state index is 0.0347. The number of rotatable bonds is 6. The van der Waals surface area contributed by atoms with Gasteiger partial charge in [0.2, 0.25) is 0 Å². The minimum atomic E-state index is -3.12. The molecular weight excluding hydrogens is 370 g/mol. The first-order chi connectivity index (χ1) is 13.4. The number of aromatic nitrogens is 1. The van der Waals surface area contributed by atoms with E-state index in [1.807, 2.05) is 31.2 Å². The van der Waals surface area contributed by atoms with Crippen LogP contribution in [0.2, 0.25) is 0 Å². The molecule has 0 bridgehead atoms. The fourth-order valence-corrected chi connectivity index (χ4v) is 2.73. The number of hydrogen-bond donors (Lipinski definition) is 0. The first kappa shape index (κ1) is 19.2. The molecule has 0 amide bonds. The second-order valence-corrected chi connectivity index (χ2v) is 5.96. The third-order valence-electron chi connectivity index (χ3n) is 4.03. The lowest BCUT2D eigenvalue weighted by molar-refractivity contribution is -0.385. The van der Waals surface area contributed by atoms with E-state index in [4.69, 9.17) is 4.74 Å². The van der Waals surface area contributed by atoms with E-state index in [1.54, 1.807) is 12.1 Å². The van der Waals surface area contributed by atoms with Gasteiger partial charge in [0.05, 0.1) is 34.9 Å². The maximum atomic E-state index is 12.5. The molecule has 28 heavy (non-hydrogen) atoms. The molecule has 8 heteroatoms. The van der Waals surface area contributed by atoms with Gasteiger partial charge >= 0.3 is 6.61 Å². The van der Waals surface area contributed by atoms with Gasteiger partial charge in [0.1, 0.15) is 0 Å². The predicted molar refractivity (Wildman–Crippen MR) is 102 cm³/mol. The van der Waals surface area contributed by atoms with Crippen molar-refractivity contribution in [2.24, 2.45) is 0 Å². The molecule has 1 heterocycles. The van der Waals surface area contributed by atoms with Crippen LogP contribution in [0.15, 0.2) is 42.5 Å². The van der Waals surface area contributed by atoms with Crippen molar-refractivity contribution in [3.63, 3.8) is 0 Å². The number of fused-ring (bicyclic) bond motifs is 1. The lowest BCUT2D eigenvalue weighted by Crippen LogP contribution is -2.05. The summed E-state index contributed by atoms with van der Waals surface area (Å²) in [6.07, 6.45) is 3.09. The highest BCUT2D eigenvalue weighted by Crippen LogP contribution is 2.36. The number of nitrogens with zero attached hydrogens (tertiary/aromatic N) is 2. The van der Waals surface area contributed by atoms with Crippen LogP contribution in [0.1, 0.15) is 16.8 Å². The van der Waals surface area contributed by atoms with Crippen LogP contribution in [0.5, 0.6) is 11.5 Å². The molecule has 0 aliphatic carbocycles.